The van der Waals surface area contributed by atoms with Crippen LogP contribution < -0.4 is 10.6 Å². The first kappa shape index (κ1) is 13.4. The molecule has 106 valence electrons. The van der Waals surface area contributed by atoms with Gasteiger partial charge in [-0.3, -0.25) is 4.99 Å². The molecule has 5 nitrogen and oxygen atoms in total. The van der Waals surface area contributed by atoms with Crippen LogP contribution in [-0.2, 0) is 6.54 Å². The number of benzene rings is 1. The Morgan fingerprint density at radius 2 is 2.30 bits per heavy atom. The lowest BCUT2D eigenvalue weighted by molar-refractivity contribution is 0.532. The monoisotopic (exact) mass is 335 g/mol. The third-order valence-corrected chi connectivity index (χ3v) is 4.01. The van der Waals surface area contributed by atoms with Crippen molar-refractivity contribution in [1.82, 2.24) is 14.9 Å². The van der Waals surface area contributed by atoms with Crippen molar-refractivity contribution in [1.29, 1.82) is 0 Å². The van der Waals surface area contributed by atoms with E-state index in [0.717, 1.165) is 46.8 Å². The Balaban J connectivity index is 1.99. The van der Waals surface area contributed by atoms with Crippen molar-refractivity contribution in [3.8, 4) is 0 Å². The number of aliphatic imine (C=N–C) groups is 1. The number of fused-ring (bicyclic) bond motifs is 1. The van der Waals surface area contributed by atoms with E-state index in [0.29, 0.717) is 5.92 Å². The Morgan fingerprint density at radius 3 is 3.00 bits per heavy atom. The lowest BCUT2D eigenvalue weighted by Gasteiger charge is -2.12. The van der Waals surface area contributed by atoms with Gasteiger partial charge < -0.3 is 15.2 Å². The summed E-state index contributed by atoms with van der Waals surface area (Å²) in [6.07, 6.45) is 1.91. The zero-order valence-corrected chi connectivity index (χ0v) is 13.2. The number of imidazole rings is 1. The van der Waals surface area contributed by atoms with E-state index in [4.69, 9.17) is 0 Å². The largest absolute Gasteiger partial charge is 0.354 e. The van der Waals surface area contributed by atoms with Crippen molar-refractivity contribution in [2.24, 2.45) is 10.9 Å². The average Bonchev–Trinajstić information content (AvgIpc) is 3.02. The molecule has 1 aromatic heterocycles. The van der Waals surface area contributed by atoms with Crippen LogP contribution in [0.15, 0.2) is 27.9 Å². The molecule has 0 amide bonds. The van der Waals surface area contributed by atoms with Gasteiger partial charge in [0.2, 0.25) is 0 Å². The molecule has 2 heterocycles. The molecule has 6 heteroatoms. The van der Waals surface area contributed by atoms with Crippen molar-refractivity contribution in [3.63, 3.8) is 0 Å². The topological polar surface area (TPSA) is 54.2 Å². The highest BCUT2D eigenvalue weighted by molar-refractivity contribution is 9.10. The van der Waals surface area contributed by atoms with E-state index in [2.05, 4.69) is 55.0 Å². The Morgan fingerprint density at radius 1 is 1.45 bits per heavy atom. The predicted molar refractivity (Wildman–Crippen MR) is 86.2 cm³/mol. The summed E-state index contributed by atoms with van der Waals surface area (Å²) in [5.74, 6) is 1.41. The van der Waals surface area contributed by atoms with E-state index in [-0.39, 0.29) is 0 Å². The van der Waals surface area contributed by atoms with Gasteiger partial charge in [-0.1, -0.05) is 13.8 Å². The number of hydrogen-bond donors (Lipinski definition) is 2. The fourth-order valence-electron chi connectivity index (χ4n) is 2.36. The van der Waals surface area contributed by atoms with E-state index in [1.54, 1.807) is 0 Å². The number of rotatable bonds is 3. The molecule has 0 atom stereocenters. The van der Waals surface area contributed by atoms with E-state index in [1.165, 1.54) is 0 Å². The maximum absolute atomic E-state index is 4.46. The Kier molecular flexibility index (Phi) is 3.65. The molecule has 0 radical (unpaired) electrons. The third kappa shape index (κ3) is 2.52. The van der Waals surface area contributed by atoms with E-state index < -0.39 is 0 Å². The lowest BCUT2D eigenvalue weighted by atomic mass is 10.2. The minimum absolute atomic E-state index is 0.580. The highest BCUT2D eigenvalue weighted by atomic mass is 79.9. The fraction of sp³-hybridized carbons (Fsp3) is 0.429. The van der Waals surface area contributed by atoms with Crippen LogP contribution in [0.3, 0.4) is 0 Å². The summed E-state index contributed by atoms with van der Waals surface area (Å²) >= 11 is 3.70. The zero-order chi connectivity index (χ0) is 14.1. The van der Waals surface area contributed by atoms with Gasteiger partial charge in [0.15, 0.2) is 5.96 Å². The van der Waals surface area contributed by atoms with Crippen molar-refractivity contribution >= 4 is 38.6 Å². The summed E-state index contributed by atoms with van der Waals surface area (Å²) in [7, 11) is 0. The Labute approximate surface area is 126 Å². The first-order valence-corrected chi connectivity index (χ1v) is 7.63. The molecule has 2 N–H and O–H groups in total. The van der Waals surface area contributed by atoms with Crippen molar-refractivity contribution < 1.29 is 0 Å². The summed E-state index contributed by atoms with van der Waals surface area (Å²) < 4.78 is 3.23. The zero-order valence-electron chi connectivity index (χ0n) is 11.7. The number of aromatic nitrogens is 2. The summed E-state index contributed by atoms with van der Waals surface area (Å²) in [5.41, 5.74) is 3.14. The van der Waals surface area contributed by atoms with Gasteiger partial charge in [0.1, 0.15) is 0 Å². The minimum Gasteiger partial charge on any atom is -0.354 e. The quantitative estimate of drug-likeness (QED) is 0.906. The van der Waals surface area contributed by atoms with Gasteiger partial charge in [0.25, 0.3) is 0 Å². The minimum atomic E-state index is 0.580. The molecule has 0 saturated heterocycles. The lowest BCUT2D eigenvalue weighted by Crippen LogP contribution is -2.26. The van der Waals surface area contributed by atoms with Gasteiger partial charge in [0.05, 0.1) is 34.1 Å². The van der Waals surface area contributed by atoms with Gasteiger partial charge in [-0.05, 0) is 34.0 Å². The molecule has 1 aliphatic heterocycles. The smallest absolute Gasteiger partial charge is 0.195 e. The van der Waals surface area contributed by atoms with Crippen molar-refractivity contribution in [3.05, 3.63) is 22.9 Å². The van der Waals surface area contributed by atoms with Crippen LogP contribution in [0.25, 0.3) is 11.0 Å². The van der Waals surface area contributed by atoms with Crippen LogP contribution in [0.1, 0.15) is 13.8 Å². The van der Waals surface area contributed by atoms with Crippen molar-refractivity contribution in [2.75, 3.05) is 18.4 Å². The number of guanidine groups is 1. The summed E-state index contributed by atoms with van der Waals surface area (Å²) in [5, 5.41) is 6.54. The van der Waals surface area contributed by atoms with Crippen LogP contribution in [-0.4, -0.2) is 28.6 Å². The average molecular weight is 336 g/mol. The molecule has 0 saturated carbocycles. The van der Waals surface area contributed by atoms with Gasteiger partial charge >= 0.3 is 0 Å². The van der Waals surface area contributed by atoms with Crippen LogP contribution in [0.5, 0.6) is 0 Å². The number of nitrogens with zero attached hydrogens (tertiary/aromatic N) is 3. The van der Waals surface area contributed by atoms with Gasteiger partial charge in [-0.25, -0.2) is 4.98 Å². The molecule has 0 unspecified atom stereocenters. The van der Waals surface area contributed by atoms with Crippen molar-refractivity contribution in [2.45, 2.75) is 20.4 Å². The highest BCUT2D eigenvalue weighted by Crippen LogP contribution is 2.31. The highest BCUT2D eigenvalue weighted by Gasteiger charge is 2.13. The molecule has 0 bridgehead atoms. The van der Waals surface area contributed by atoms with Gasteiger partial charge in [-0.2, -0.15) is 0 Å². The van der Waals surface area contributed by atoms with E-state index in [1.807, 2.05) is 18.5 Å². The second-order valence-corrected chi connectivity index (χ2v) is 6.16. The van der Waals surface area contributed by atoms with E-state index in [9.17, 15) is 0 Å². The molecule has 1 aromatic carbocycles. The van der Waals surface area contributed by atoms with Gasteiger partial charge in [-0.15, -0.1) is 0 Å². The standard InChI is InChI=1S/C14H18BrN5/c1-9(2)7-20-8-18-11-4-3-10(12(15)13(11)20)19-14-16-5-6-17-14/h3-4,8-9H,5-7H2,1-2H3,(H2,16,17,19). The Bertz CT molecular complexity index is 659. The molecule has 20 heavy (non-hydrogen) atoms. The summed E-state index contributed by atoms with van der Waals surface area (Å²) in [4.78, 5) is 8.83. The first-order valence-electron chi connectivity index (χ1n) is 6.84. The molecule has 0 fully saturated rings. The van der Waals surface area contributed by atoms with Crippen LogP contribution >= 0.6 is 15.9 Å². The number of halogens is 1. The second kappa shape index (κ2) is 5.44. The predicted octanol–water partition coefficient (Wildman–Crippen LogP) is 2.83. The van der Waals surface area contributed by atoms with Gasteiger partial charge in [0, 0.05) is 13.1 Å². The second-order valence-electron chi connectivity index (χ2n) is 5.37. The SMILES string of the molecule is CC(C)Cn1cnc2ccc(NC3=NCCN3)c(Br)c21. The summed E-state index contributed by atoms with van der Waals surface area (Å²) in [6, 6.07) is 4.07. The maximum Gasteiger partial charge on any atom is 0.195 e. The van der Waals surface area contributed by atoms with Crippen LogP contribution in [0.4, 0.5) is 5.69 Å². The number of anilines is 1. The molecule has 2 aromatic rings. The normalized spacial score (nSPS) is 14.7. The Hall–Kier alpha value is -1.56. The molecule has 3 rings (SSSR count). The number of hydrogen-bond acceptors (Lipinski definition) is 4. The molecule has 0 spiro atoms. The third-order valence-electron chi connectivity index (χ3n) is 3.21. The molecular formula is C14H18BrN5. The maximum atomic E-state index is 4.46. The fourth-order valence-corrected chi connectivity index (χ4v) is 3.02. The molecular weight excluding hydrogens is 318 g/mol. The number of nitrogens with one attached hydrogen (secondary N) is 2. The summed E-state index contributed by atoms with van der Waals surface area (Å²) in [6.45, 7) is 7.09. The van der Waals surface area contributed by atoms with Crippen LogP contribution in [0.2, 0.25) is 0 Å². The van der Waals surface area contributed by atoms with E-state index >= 15 is 0 Å². The van der Waals surface area contributed by atoms with Crippen LogP contribution in [0, 0.1) is 5.92 Å². The first-order chi connectivity index (χ1) is 9.65. The molecule has 1 aliphatic rings. The molecule has 0 aliphatic carbocycles.